The Bertz CT molecular complexity index is 618. The monoisotopic (exact) mass is 554 g/mol. The lowest BCUT2D eigenvalue weighted by Crippen LogP contribution is -2.45. The summed E-state index contributed by atoms with van der Waals surface area (Å²) in [6.45, 7) is 5.23. The zero-order chi connectivity index (χ0) is 17.6. The van der Waals surface area contributed by atoms with Gasteiger partial charge < -0.3 is 15.5 Å². The topological polar surface area (TPSA) is 56.7 Å². The molecule has 5 nitrogen and oxygen atoms in total. The second kappa shape index (κ2) is 10.8. The predicted molar refractivity (Wildman–Crippen MR) is 122 cm³/mol. The second-order valence-corrected chi connectivity index (χ2v) is 9.34. The van der Waals surface area contributed by atoms with Crippen LogP contribution in [0.4, 0.5) is 0 Å². The van der Waals surface area contributed by atoms with Crippen molar-refractivity contribution in [2.24, 2.45) is 10.9 Å². The minimum Gasteiger partial charge on any atom is -0.357 e. The van der Waals surface area contributed by atoms with Gasteiger partial charge in [-0.3, -0.25) is 4.79 Å². The molecule has 0 spiro atoms. The van der Waals surface area contributed by atoms with Gasteiger partial charge >= 0.3 is 0 Å². The van der Waals surface area contributed by atoms with E-state index in [0.717, 1.165) is 48.6 Å². The van der Waals surface area contributed by atoms with Crippen LogP contribution in [0.3, 0.4) is 0 Å². The first kappa shape index (κ1) is 21.9. The van der Waals surface area contributed by atoms with Crippen LogP contribution >= 0.6 is 51.2 Å². The first-order valence-corrected chi connectivity index (χ1v) is 10.8. The summed E-state index contributed by atoms with van der Waals surface area (Å²) < 4.78 is 1.13. The van der Waals surface area contributed by atoms with Crippen molar-refractivity contribution in [2.75, 3.05) is 19.6 Å². The van der Waals surface area contributed by atoms with E-state index in [-0.39, 0.29) is 29.9 Å². The highest BCUT2D eigenvalue weighted by atomic mass is 127. The summed E-state index contributed by atoms with van der Waals surface area (Å²) in [6.07, 6.45) is 5.57. The minimum absolute atomic E-state index is 0. The van der Waals surface area contributed by atoms with Crippen LogP contribution in [0.1, 0.15) is 43.9 Å². The summed E-state index contributed by atoms with van der Waals surface area (Å²) in [5.74, 6) is 1.48. The Kier molecular flexibility index (Phi) is 9.16. The fraction of sp³-hybridized carbons (Fsp3) is 0.667. The fourth-order valence-electron chi connectivity index (χ4n) is 3.62. The molecule has 1 saturated heterocycles. The van der Waals surface area contributed by atoms with E-state index in [1.165, 1.54) is 17.7 Å². The van der Waals surface area contributed by atoms with Crippen LogP contribution in [0, 0.1) is 5.92 Å². The zero-order valence-corrected chi connectivity index (χ0v) is 19.9. The summed E-state index contributed by atoms with van der Waals surface area (Å²) in [5.41, 5.74) is 0. The highest BCUT2D eigenvalue weighted by Crippen LogP contribution is 2.28. The van der Waals surface area contributed by atoms with Crippen LogP contribution in [0.2, 0.25) is 0 Å². The van der Waals surface area contributed by atoms with Gasteiger partial charge in [0.05, 0.1) is 10.3 Å². The molecule has 2 fully saturated rings. The van der Waals surface area contributed by atoms with Crippen molar-refractivity contribution >= 4 is 63.1 Å². The predicted octanol–water partition coefficient (Wildman–Crippen LogP) is 3.97. The van der Waals surface area contributed by atoms with Crippen LogP contribution in [0.15, 0.2) is 20.9 Å². The smallest absolute Gasteiger partial charge is 0.225 e. The number of nitrogens with one attached hydrogen (secondary N) is 2. The normalized spacial score (nSPS) is 20.9. The first-order valence-electron chi connectivity index (χ1n) is 9.23. The highest BCUT2D eigenvalue weighted by molar-refractivity contribution is 14.0. The molecule has 1 amide bonds. The maximum Gasteiger partial charge on any atom is 0.225 e. The second-order valence-electron chi connectivity index (χ2n) is 6.80. The summed E-state index contributed by atoms with van der Waals surface area (Å²) in [7, 11) is 0. The molecule has 146 valence electrons. The number of hydrogen-bond acceptors (Lipinski definition) is 3. The van der Waals surface area contributed by atoms with Gasteiger partial charge in [0.2, 0.25) is 5.91 Å². The van der Waals surface area contributed by atoms with E-state index in [1.807, 2.05) is 4.90 Å². The van der Waals surface area contributed by atoms with E-state index in [1.54, 1.807) is 11.3 Å². The van der Waals surface area contributed by atoms with Gasteiger partial charge in [-0.2, -0.15) is 0 Å². The molecule has 3 rings (SSSR count). The molecule has 2 N–H and O–H groups in total. The van der Waals surface area contributed by atoms with Crippen molar-refractivity contribution in [3.8, 4) is 0 Å². The quantitative estimate of drug-likeness (QED) is 0.329. The highest BCUT2D eigenvalue weighted by Gasteiger charge is 2.32. The maximum absolute atomic E-state index is 12.6. The Morgan fingerprint density at radius 3 is 2.77 bits per heavy atom. The molecule has 1 atom stereocenters. The minimum atomic E-state index is 0. The number of likely N-dealkylation sites (tertiary alicyclic amines) is 1. The Hall–Kier alpha value is -0.350. The summed E-state index contributed by atoms with van der Waals surface area (Å²) >= 11 is 5.20. The number of rotatable bonds is 5. The number of hydrogen-bond donors (Lipinski definition) is 2. The molecular formula is C18H28BrIN4OS. The SMILES string of the molecule is CCNC(=NCc1ccc(Br)s1)NC1CCN(C(=O)C2CCCC2)C1.I. The summed E-state index contributed by atoms with van der Waals surface area (Å²) in [4.78, 5) is 20.5. The number of halogens is 2. The number of carbonyl (C=O) groups excluding carboxylic acids is 1. The van der Waals surface area contributed by atoms with E-state index < -0.39 is 0 Å². The number of nitrogens with zero attached hydrogens (tertiary/aromatic N) is 2. The molecule has 0 aromatic carbocycles. The zero-order valence-electron chi connectivity index (χ0n) is 15.2. The standard InChI is InChI=1S/C18H27BrN4OS.HI/c1-2-20-18(21-11-15-7-8-16(19)25-15)22-14-9-10-23(12-14)17(24)13-5-3-4-6-13;/h7-8,13-14H,2-6,9-12H2,1H3,(H2,20,21,22);1H. The molecule has 2 heterocycles. The van der Waals surface area contributed by atoms with E-state index in [4.69, 9.17) is 0 Å². The van der Waals surface area contributed by atoms with Crippen LogP contribution in [0.5, 0.6) is 0 Å². The van der Waals surface area contributed by atoms with Gasteiger partial charge in [-0.1, -0.05) is 12.8 Å². The van der Waals surface area contributed by atoms with Crippen LogP contribution < -0.4 is 10.6 Å². The number of amides is 1. The fourth-order valence-corrected chi connectivity index (χ4v) is 5.02. The molecular weight excluding hydrogens is 527 g/mol. The van der Waals surface area contributed by atoms with Crippen molar-refractivity contribution in [3.63, 3.8) is 0 Å². The molecule has 2 aliphatic rings. The largest absolute Gasteiger partial charge is 0.357 e. The Morgan fingerprint density at radius 1 is 1.35 bits per heavy atom. The molecule has 1 aromatic rings. The lowest BCUT2D eigenvalue weighted by molar-refractivity contribution is -0.134. The van der Waals surface area contributed by atoms with Crippen LogP contribution in [-0.4, -0.2) is 42.4 Å². The Balaban J connectivity index is 0.00000243. The van der Waals surface area contributed by atoms with Gasteiger partial charge in [0.25, 0.3) is 0 Å². The Morgan fingerprint density at radius 2 is 2.12 bits per heavy atom. The Labute approximate surface area is 185 Å². The van der Waals surface area contributed by atoms with Crippen LogP contribution in [0.25, 0.3) is 0 Å². The van der Waals surface area contributed by atoms with Crippen molar-refractivity contribution in [1.82, 2.24) is 15.5 Å². The average Bonchev–Trinajstić information content (AvgIpc) is 3.34. The molecule has 1 unspecified atom stereocenters. The van der Waals surface area contributed by atoms with Crippen molar-refractivity contribution in [2.45, 2.75) is 51.6 Å². The number of thiophene rings is 1. The van der Waals surface area contributed by atoms with E-state index in [2.05, 4.69) is 50.6 Å². The average molecular weight is 555 g/mol. The maximum atomic E-state index is 12.6. The van der Waals surface area contributed by atoms with Crippen molar-refractivity contribution in [1.29, 1.82) is 0 Å². The van der Waals surface area contributed by atoms with Crippen LogP contribution in [-0.2, 0) is 11.3 Å². The summed E-state index contributed by atoms with van der Waals surface area (Å²) in [6, 6.07) is 4.44. The van der Waals surface area contributed by atoms with Gasteiger partial charge in [-0.25, -0.2) is 4.99 Å². The molecule has 1 aliphatic heterocycles. The number of carbonyl (C=O) groups is 1. The molecule has 0 bridgehead atoms. The van der Waals surface area contributed by atoms with E-state index in [0.29, 0.717) is 18.5 Å². The van der Waals surface area contributed by atoms with Crippen molar-refractivity contribution in [3.05, 3.63) is 20.8 Å². The molecule has 0 radical (unpaired) electrons. The molecule has 1 saturated carbocycles. The third-order valence-corrected chi connectivity index (χ3v) is 6.52. The number of guanidine groups is 1. The van der Waals surface area contributed by atoms with Gasteiger partial charge in [0.1, 0.15) is 0 Å². The van der Waals surface area contributed by atoms with Gasteiger partial charge in [-0.05, 0) is 54.2 Å². The number of aliphatic imine (C=N–C) groups is 1. The molecule has 8 heteroatoms. The molecule has 26 heavy (non-hydrogen) atoms. The molecule has 1 aromatic heterocycles. The lowest BCUT2D eigenvalue weighted by atomic mass is 10.1. The molecule has 1 aliphatic carbocycles. The van der Waals surface area contributed by atoms with E-state index in [9.17, 15) is 4.79 Å². The first-order chi connectivity index (χ1) is 12.2. The summed E-state index contributed by atoms with van der Waals surface area (Å²) in [5, 5.41) is 6.82. The van der Waals surface area contributed by atoms with E-state index >= 15 is 0 Å². The van der Waals surface area contributed by atoms with Gasteiger partial charge in [-0.15, -0.1) is 35.3 Å². The van der Waals surface area contributed by atoms with Gasteiger partial charge in [0.15, 0.2) is 5.96 Å². The van der Waals surface area contributed by atoms with Gasteiger partial charge in [0, 0.05) is 36.5 Å². The third-order valence-electron chi connectivity index (χ3n) is 4.91. The lowest BCUT2D eigenvalue weighted by Gasteiger charge is -2.21. The van der Waals surface area contributed by atoms with Crippen molar-refractivity contribution < 1.29 is 4.79 Å². The third kappa shape index (κ3) is 6.09.